The fraction of sp³-hybridized carbons (Fsp3) is 0.480. The first-order valence-electron chi connectivity index (χ1n) is 25.2. The van der Waals surface area contributed by atoms with E-state index in [0.29, 0.717) is 11.1 Å². The summed E-state index contributed by atoms with van der Waals surface area (Å²) in [5.74, 6) is -15.7. The normalized spacial score (nSPS) is 12.8. The number of nitrogens with one attached hydrogen (secondary N) is 7. The molecule has 5 atom stereocenters. The maximum atomic E-state index is 14.2. The molecule has 2 rings (SSSR count). The number of urea groups is 1. The van der Waals surface area contributed by atoms with Gasteiger partial charge in [-0.1, -0.05) is 60.7 Å². The molecule has 32 heteroatoms. The molecule has 2 aromatic rings. The number of carbonyl (C=O) groups is 14. The van der Waals surface area contributed by atoms with E-state index >= 15 is 0 Å². The highest BCUT2D eigenvalue weighted by Gasteiger charge is 2.32. The van der Waals surface area contributed by atoms with Gasteiger partial charge in [0.1, 0.15) is 30.2 Å². The number of hydrogen-bond donors (Lipinski definition) is 15. The van der Waals surface area contributed by atoms with Crippen LogP contribution in [-0.4, -0.2) is 241 Å². The molecule has 0 fully saturated rings. The standard InChI is InChI=1S/C50H68N10O22/c61-37(51-17-18-52-38(62)15-12-33(48(78)79)56-50(82)57-34(49(80)81)13-16-40(64)65)14-11-32(47(76)77)54-46(75)36(24-31-9-5-2-6-10-31)55-45(74)35(23-30-7-3-1-4-8-30)53-39(63)25-59(27-42(68)69)21-19-58(26-41(66)67)20-22-60(28-43(70)71)29-44(72)73/h1-10,32-36H,11-29H2,(H,51,61)(H,52,62)(H,53,63)(H,54,75)(H,55,74)(H,64,65)(H,66,67)(H,68,69)(H,70,71)(H,72,73)(H,76,77)(H,78,79)(H,80,81)(H2,56,57,82)/t32-,33?,34?,35?,36?/m1/s1. The predicted molar refractivity (Wildman–Crippen MR) is 279 cm³/mol. The fourth-order valence-electron chi connectivity index (χ4n) is 7.66. The number of carboxylic acid groups (broad SMARTS) is 8. The van der Waals surface area contributed by atoms with E-state index < -0.39 is 185 Å². The van der Waals surface area contributed by atoms with Crippen LogP contribution >= 0.6 is 0 Å². The summed E-state index contributed by atoms with van der Waals surface area (Å²) in [7, 11) is 0. The van der Waals surface area contributed by atoms with Crippen molar-refractivity contribution in [2.45, 2.75) is 81.6 Å². The van der Waals surface area contributed by atoms with Crippen molar-refractivity contribution in [2.24, 2.45) is 0 Å². The molecule has 0 spiro atoms. The number of nitrogens with zero attached hydrogens (tertiary/aromatic N) is 3. The van der Waals surface area contributed by atoms with E-state index in [9.17, 15) is 103 Å². The van der Waals surface area contributed by atoms with E-state index in [1.807, 2.05) is 10.6 Å². The number of benzene rings is 2. The van der Waals surface area contributed by atoms with Gasteiger partial charge in [0.05, 0.1) is 32.7 Å². The summed E-state index contributed by atoms with van der Waals surface area (Å²) in [4.78, 5) is 175. The molecule has 4 unspecified atom stereocenters. The maximum absolute atomic E-state index is 14.2. The Labute approximate surface area is 467 Å². The zero-order chi connectivity index (χ0) is 61.3. The number of hydrogen-bond acceptors (Lipinski definition) is 17. The van der Waals surface area contributed by atoms with Crippen LogP contribution in [0.3, 0.4) is 0 Å². The molecular weight excluding hydrogens is 1090 g/mol. The third-order valence-corrected chi connectivity index (χ3v) is 11.7. The Bertz CT molecular complexity index is 2520. The van der Waals surface area contributed by atoms with Gasteiger partial charge < -0.3 is 78.1 Å². The summed E-state index contributed by atoms with van der Waals surface area (Å²) in [6.07, 6.45) is -3.37. The van der Waals surface area contributed by atoms with Crippen LogP contribution in [0.15, 0.2) is 60.7 Å². The molecule has 0 saturated carbocycles. The Kier molecular flexibility index (Phi) is 30.9. The largest absolute Gasteiger partial charge is 0.481 e. The predicted octanol–water partition coefficient (Wildman–Crippen LogP) is -3.88. The van der Waals surface area contributed by atoms with Gasteiger partial charge in [-0.2, -0.15) is 0 Å². The van der Waals surface area contributed by atoms with Crippen LogP contribution in [0, 0.1) is 0 Å². The van der Waals surface area contributed by atoms with Gasteiger partial charge in [0.25, 0.3) is 0 Å². The second kappa shape index (κ2) is 36.8. The molecule has 0 bridgehead atoms. The van der Waals surface area contributed by atoms with Crippen LogP contribution in [0.1, 0.15) is 49.7 Å². The zero-order valence-electron chi connectivity index (χ0n) is 44.2. The number of carbonyl (C=O) groups excluding carboxylic acids is 6. The van der Waals surface area contributed by atoms with E-state index in [2.05, 4.69) is 26.6 Å². The molecule has 82 heavy (non-hydrogen) atoms. The molecule has 0 saturated heterocycles. The zero-order valence-corrected chi connectivity index (χ0v) is 44.2. The molecule has 0 aliphatic carbocycles. The Morgan fingerprint density at radius 2 is 0.683 bits per heavy atom. The fourth-order valence-corrected chi connectivity index (χ4v) is 7.66. The molecule has 15 N–H and O–H groups in total. The Hall–Kier alpha value is -9.30. The highest BCUT2D eigenvalue weighted by Crippen LogP contribution is 2.10. The van der Waals surface area contributed by atoms with Crippen molar-refractivity contribution in [3.05, 3.63) is 71.8 Å². The molecular formula is C50H68N10O22. The Morgan fingerprint density at radius 1 is 0.354 bits per heavy atom. The minimum absolute atomic E-state index is 0.164. The molecule has 0 aromatic heterocycles. The van der Waals surface area contributed by atoms with Crippen molar-refractivity contribution in [3.8, 4) is 0 Å². The number of rotatable bonds is 42. The summed E-state index contributed by atoms with van der Waals surface area (Å²) in [5, 5.41) is 91.4. The average Bonchev–Trinajstić information content (AvgIpc) is 3.44. The lowest BCUT2D eigenvalue weighted by Crippen LogP contribution is -2.57. The average molecular weight is 1160 g/mol. The van der Waals surface area contributed by atoms with Crippen molar-refractivity contribution in [2.75, 3.05) is 72.0 Å². The number of aliphatic carboxylic acids is 8. The van der Waals surface area contributed by atoms with Gasteiger partial charge in [0.15, 0.2) is 0 Å². The first kappa shape index (κ1) is 68.8. The lowest BCUT2D eigenvalue weighted by Gasteiger charge is -2.28. The highest BCUT2D eigenvalue weighted by molar-refractivity contribution is 5.94. The molecule has 0 heterocycles. The van der Waals surface area contributed by atoms with E-state index in [4.69, 9.17) is 5.11 Å². The quantitative estimate of drug-likeness (QED) is 0.0283. The molecule has 450 valence electrons. The van der Waals surface area contributed by atoms with Gasteiger partial charge in [-0.15, -0.1) is 0 Å². The van der Waals surface area contributed by atoms with E-state index in [-0.39, 0.29) is 52.1 Å². The second-order valence-corrected chi connectivity index (χ2v) is 18.3. The summed E-state index contributed by atoms with van der Waals surface area (Å²) in [6, 6.07) is 7.23. The van der Waals surface area contributed by atoms with Gasteiger partial charge >= 0.3 is 53.8 Å². The summed E-state index contributed by atoms with van der Waals surface area (Å²) in [6.45, 7) is -4.59. The van der Waals surface area contributed by atoms with Crippen LogP contribution < -0.4 is 37.2 Å². The SMILES string of the molecule is O=C(O)CCC(NC(=O)NC(CCC(=O)NCCNC(=O)CC[C@@H](NC(=O)C(Cc1ccccc1)NC(=O)C(Cc1ccccc1)NC(=O)CN(CCN(CCN(CC(=O)O)CC(=O)O)CC(=O)O)CC(=O)O)C(=O)O)C(=O)O)C(=O)O. The van der Waals surface area contributed by atoms with Gasteiger partial charge in [0, 0.05) is 71.4 Å². The molecule has 0 aliphatic heterocycles. The van der Waals surface area contributed by atoms with Crippen molar-refractivity contribution < 1.29 is 108 Å². The van der Waals surface area contributed by atoms with Crippen LogP contribution in [0.2, 0.25) is 0 Å². The first-order valence-corrected chi connectivity index (χ1v) is 25.2. The molecule has 32 nitrogen and oxygen atoms in total. The number of amides is 7. The Balaban J connectivity index is 2.14. The topological polar surface area (TPSA) is 495 Å². The van der Waals surface area contributed by atoms with Crippen molar-refractivity contribution >= 4 is 83.3 Å². The minimum Gasteiger partial charge on any atom is -0.481 e. The Morgan fingerprint density at radius 3 is 1.06 bits per heavy atom. The smallest absolute Gasteiger partial charge is 0.326 e. The second-order valence-electron chi connectivity index (χ2n) is 18.3. The molecule has 2 aromatic carbocycles. The van der Waals surface area contributed by atoms with E-state index in [1.165, 1.54) is 4.90 Å². The summed E-state index contributed by atoms with van der Waals surface area (Å²) < 4.78 is 0. The summed E-state index contributed by atoms with van der Waals surface area (Å²) in [5.41, 5.74) is 1.03. The monoisotopic (exact) mass is 1160 g/mol. The lowest BCUT2D eigenvalue weighted by molar-refractivity contribution is -0.143. The van der Waals surface area contributed by atoms with Crippen molar-refractivity contribution in [1.29, 1.82) is 0 Å². The lowest BCUT2D eigenvalue weighted by atomic mass is 10.0. The van der Waals surface area contributed by atoms with Crippen LogP contribution in [-0.2, 0) is 75.2 Å². The van der Waals surface area contributed by atoms with Gasteiger partial charge in [-0.3, -0.25) is 62.6 Å². The third-order valence-electron chi connectivity index (χ3n) is 11.7. The highest BCUT2D eigenvalue weighted by atomic mass is 16.4. The van der Waals surface area contributed by atoms with Crippen LogP contribution in [0.5, 0.6) is 0 Å². The van der Waals surface area contributed by atoms with E-state index in [0.717, 1.165) is 9.80 Å². The van der Waals surface area contributed by atoms with Gasteiger partial charge in [0.2, 0.25) is 29.5 Å². The third kappa shape index (κ3) is 30.2. The minimum atomic E-state index is -1.70. The molecule has 0 aliphatic rings. The molecule has 0 radical (unpaired) electrons. The first-order chi connectivity index (χ1) is 38.7. The number of carboxylic acids is 8. The summed E-state index contributed by atoms with van der Waals surface area (Å²) >= 11 is 0. The van der Waals surface area contributed by atoms with Gasteiger partial charge in [-0.25, -0.2) is 19.2 Å². The maximum Gasteiger partial charge on any atom is 0.326 e. The van der Waals surface area contributed by atoms with Gasteiger partial charge in [-0.05, 0) is 30.4 Å². The van der Waals surface area contributed by atoms with Crippen LogP contribution in [0.4, 0.5) is 4.79 Å². The molecule has 7 amide bonds. The van der Waals surface area contributed by atoms with Crippen molar-refractivity contribution in [1.82, 2.24) is 51.9 Å². The van der Waals surface area contributed by atoms with Crippen molar-refractivity contribution in [3.63, 3.8) is 0 Å². The van der Waals surface area contributed by atoms with E-state index in [1.54, 1.807) is 60.7 Å². The van der Waals surface area contributed by atoms with Crippen LogP contribution in [0.25, 0.3) is 0 Å².